The van der Waals surface area contributed by atoms with Gasteiger partial charge in [0.15, 0.2) is 0 Å². The van der Waals surface area contributed by atoms with Gasteiger partial charge >= 0.3 is 6.03 Å². The van der Waals surface area contributed by atoms with Gasteiger partial charge in [0.25, 0.3) is 0 Å². The fourth-order valence-corrected chi connectivity index (χ4v) is 2.33. The molecule has 1 aliphatic heterocycles. The van der Waals surface area contributed by atoms with Gasteiger partial charge in [0, 0.05) is 6.61 Å². The molecular weight excluding hydrogens is 256 g/mol. The number of carbonyl (C=O) groups excluding carboxylic acids is 1. The molecule has 1 heterocycles. The fourth-order valence-electron chi connectivity index (χ4n) is 2.33. The molecule has 0 spiro atoms. The van der Waals surface area contributed by atoms with Crippen LogP contribution in [0.15, 0.2) is 30.3 Å². The number of urea groups is 1. The van der Waals surface area contributed by atoms with Crippen LogP contribution in [-0.2, 0) is 11.2 Å². The molecule has 1 aliphatic rings. The van der Waals surface area contributed by atoms with E-state index in [0.717, 1.165) is 25.0 Å². The van der Waals surface area contributed by atoms with Gasteiger partial charge in [-0.2, -0.15) is 0 Å². The summed E-state index contributed by atoms with van der Waals surface area (Å²) in [6.07, 6.45) is 2.53. The highest BCUT2D eigenvalue weighted by Crippen LogP contribution is 2.06. The molecular formula is C15H22N2O3. The van der Waals surface area contributed by atoms with E-state index in [9.17, 15) is 9.90 Å². The van der Waals surface area contributed by atoms with Crippen LogP contribution in [0.5, 0.6) is 0 Å². The quantitative estimate of drug-likeness (QED) is 0.754. The highest BCUT2D eigenvalue weighted by molar-refractivity contribution is 5.74. The molecule has 1 aromatic rings. The van der Waals surface area contributed by atoms with Gasteiger partial charge in [-0.1, -0.05) is 30.3 Å². The maximum absolute atomic E-state index is 11.9. The maximum atomic E-state index is 11.9. The van der Waals surface area contributed by atoms with E-state index in [1.54, 1.807) is 0 Å². The summed E-state index contributed by atoms with van der Waals surface area (Å²) < 4.78 is 5.32. The molecule has 110 valence electrons. The van der Waals surface area contributed by atoms with E-state index in [2.05, 4.69) is 10.6 Å². The predicted molar refractivity (Wildman–Crippen MR) is 76.5 cm³/mol. The lowest BCUT2D eigenvalue weighted by atomic mass is 10.1. The molecule has 2 amide bonds. The number of hydrogen-bond donors (Lipinski definition) is 3. The lowest BCUT2D eigenvalue weighted by Gasteiger charge is -2.24. The van der Waals surface area contributed by atoms with Crippen LogP contribution in [0.4, 0.5) is 4.79 Å². The van der Waals surface area contributed by atoms with Crippen LogP contribution in [0.3, 0.4) is 0 Å². The summed E-state index contributed by atoms with van der Waals surface area (Å²) in [6, 6.07) is 9.36. The third-order valence-corrected chi connectivity index (χ3v) is 3.38. The largest absolute Gasteiger partial charge is 0.394 e. The van der Waals surface area contributed by atoms with Crippen molar-refractivity contribution in [3.63, 3.8) is 0 Å². The zero-order valence-electron chi connectivity index (χ0n) is 11.5. The highest BCUT2D eigenvalue weighted by atomic mass is 16.5. The van der Waals surface area contributed by atoms with Crippen molar-refractivity contribution >= 4 is 6.03 Å². The topological polar surface area (TPSA) is 70.6 Å². The van der Waals surface area contributed by atoms with Crippen LogP contribution >= 0.6 is 0 Å². The molecule has 0 radical (unpaired) electrons. The van der Waals surface area contributed by atoms with Crippen molar-refractivity contribution in [1.29, 1.82) is 0 Å². The number of hydrogen-bond acceptors (Lipinski definition) is 3. The summed E-state index contributed by atoms with van der Waals surface area (Å²) >= 11 is 0. The third-order valence-electron chi connectivity index (χ3n) is 3.38. The molecule has 2 atom stereocenters. The molecule has 0 aliphatic carbocycles. The van der Waals surface area contributed by atoms with E-state index < -0.39 is 0 Å². The second-order valence-electron chi connectivity index (χ2n) is 5.10. The van der Waals surface area contributed by atoms with Gasteiger partial charge < -0.3 is 20.5 Å². The summed E-state index contributed by atoms with van der Waals surface area (Å²) in [7, 11) is 0. The molecule has 5 heteroatoms. The van der Waals surface area contributed by atoms with E-state index in [0.29, 0.717) is 13.0 Å². The Morgan fingerprint density at radius 3 is 2.85 bits per heavy atom. The Hall–Kier alpha value is -1.59. The minimum atomic E-state index is -0.276. The molecule has 2 unspecified atom stereocenters. The molecule has 1 saturated heterocycles. The SMILES string of the molecule is O=C(NC1CCCOC1)NC(CO)Cc1ccccc1. The van der Waals surface area contributed by atoms with Gasteiger partial charge in [0.2, 0.25) is 0 Å². The number of ether oxygens (including phenoxy) is 1. The Morgan fingerprint density at radius 1 is 1.40 bits per heavy atom. The van der Waals surface area contributed by atoms with E-state index >= 15 is 0 Å². The number of aliphatic hydroxyl groups excluding tert-OH is 1. The zero-order valence-corrected chi connectivity index (χ0v) is 11.5. The van der Waals surface area contributed by atoms with Crippen molar-refractivity contribution < 1.29 is 14.6 Å². The number of nitrogens with one attached hydrogen (secondary N) is 2. The van der Waals surface area contributed by atoms with Crippen molar-refractivity contribution in [2.24, 2.45) is 0 Å². The first-order valence-corrected chi connectivity index (χ1v) is 7.07. The van der Waals surface area contributed by atoms with Gasteiger partial charge in [-0.05, 0) is 24.8 Å². The first-order valence-electron chi connectivity index (χ1n) is 7.07. The molecule has 0 aromatic heterocycles. The van der Waals surface area contributed by atoms with Gasteiger partial charge in [0.1, 0.15) is 0 Å². The standard InChI is InChI=1S/C15H22N2O3/c18-10-14(9-12-5-2-1-3-6-12)17-15(19)16-13-7-4-8-20-11-13/h1-3,5-6,13-14,18H,4,7-11H2,(H2,16,17,19). The molecule has 20 heavy (non-hydrogen) atoms. The Morgan fingerprint density at radius 2 is 2.20 bits per heavy atom. The first-order chi connectivity index (χ1) is 9.78. The molecule has 1 aromatic carbocycles. The molecule has 2 rings (SSSR count). The molecule has 1 fully saturated rings. The second kappa shape index (κ2) is 7.87. The van der Waals surface area contributed by atoms with E-state index in [4.69, 9.17) is 4.74 Å². The average Bonchev–Trinajstić information content (AvgIpc) is 2.48. The summed E-state index contributed by atoms with van der Waals surface area (Å²) in [5.41, 5.74) is 1.09. The lowest BCUT2D eigenvalue weighted by Crippen LogP contribution is -2.50. The number of benzene rings is 1. The first kappa shape index (κ1) is 14.8. The molecule has 3 N–H and O–H groups in total. The molecule has 0 bridgehead atoms. The summed E-state index contributed by atoms with van der Waals surface area (Å²) in [5.74, 6) is 0. The predicted octanol–water partition coefficient (Wildman–Crippen LogP) is 1.07. The Balaban J connectivity index is 1.78. The molecule has 5 nitrogen and oxygen atoms in total. The van der Waals surface area contributed by atoms with Crippen LogP contribution in [0.25, 0.3) is 0 Å². The Kier molecular flexibility index (Phi) is 5.83. The number of amides is 2. The number of carbonyl (C=O) groups is 1. The van der Waals surface area contributed by atoms with Gasteiger partial charge in [-0.25, -0.2) is 4.79 Å². The number of rotatable bonds is 5. The average molecular weight is 278 g/mol. The van der Waals surface area contributed by atoms with Crippen molar-refractivity contribution in [2.45, 2.75) is 31.3 Å². The van der Waals surface area contributed by atoms with Crippen LogP contribution in [-0.4, -0.2) is 43.0 Å². The smallest absolute Gasteiger partial charge is 0.315 e. The van der Waals surface area contributed by atoms with Gasteiger partial charge in [0.05, 0.1) is 25.3 Å². The summed E-state index contributed by atoms with van der Waals surface area (Å²) in [6.45, 7) is 1.26. The minimum Gasteiger partial charge on any atom is -0.394 e. The zero-order chi connectivity index (χ0) is 14.2. The van der Waals surface area contributed by atoms with Crippen LogP contribution in [0.1, 0.15) is 18.4 Å². The maximum Gasteiger partial charge on any atom is 0.315 e. The Bertz CT molecular complexity index is 405. The van der Waals surface area contributed by atoms with Crippen molar-refractivity contribution in [3.8, 4) is 0 Å². The summed E-state index contributed by atoms with van der Waals surface area (Å²) in [4.78, 5) is 11.9. The molecule has 0 saturated carbocycles. The van der Waals surface area contributed by atoms with E-state index in [1.807, 2.05) is 30.3 Å². The van der Waals surface area contributed by atoms with Crippen LogP contribution in [0.2, 0.25) is 0 Å². The van der Waals surface area contributed by atoms with Gasteiger partial charge in [-0.15, -0.1) is 0 Å². The lowest BCUT2D eigenvalue weighted by molar-refractivity contribution is 0.0728. The monoisotopic (exact) mass is 278 g/mol. The van der Waals surface area contributed by atoms with E-state index in [1.165, 1.54) is 0 Å². The highest BCUT2D eigenvalue weighted by Gasteiger charge is 2.18. The third kappa shape index (κ3) is 4.83. The Labute approximate surface area is 119 Å². The minimum absolute atomic E-state index is 0.0693. The van der Waals surface area contributed by atoms with Crippen molar-refractivity contribution in [3.05, 3.63) is 35.9 Å². The normalized spacial score (nSPS) is 20.1. The van der Waals surface area contributed by atoms with Crippen molar-refractivity contribution in [1.82, 2.24) is 10.6 Å². The van der Waals surface area contributed by atoms with Crippen LogP contribution < -0.4 is 10.6 Å². The van der Waals surface area contributed by atoms with E-state index in [-0.39, 0.29) is 24.7 Å². The van der Waals surface area contributed by atoms with Crippen LogP contribution in [0, 0.1) is 0 Å². The van der Waals surface area contributed by atoms with Gasteiger partial charge in [-0.3, -0.25) is 0 Å². The van der Waals surface area contributed by atoms with Crippen molar-refractivity contribution in [2.75, 3.05) is 19.8 Å². The number of aliphatic hydroxyl groups is 1. The second-order valence-corrected chi connectivity index (χ2v) is 5.10. The fraction of sp³-hybridized carbons (Fsp3) is 0.533. The summed E-state index contributed by atoms with van der Waals surface area (Å²) in [5, 5.41) is 15.1.